The van der Waals surface area contributed by atoms with Crippen LogP contribution in [-0.2, 0) is 0 Å². The molecule has 2 heteroatoms. The number of aryl methyl sites for hydroxylation is 1. The highest BCUT2D eigenvalue weighted by molar-refractivity contribution is 5.55. The van der Waals surface area contributed by atoms with Gasteiger partial charge >= 0.3 is 0 Å². The molecule has 0 aliphatic heterocycles. The SMILES string of the molecule is CC.Cc1cc(O)cc(/C=C/C#N)c1. The highest BCUT2D eigenvalue weighted by Gasteiger charge is 1.92. The van der Waals surface area contributed by atoms with Crippen molar-refractivity contribution >= 4 is 6.08 Å². The maximum absolute atomic E-state index is 9.18. The summed E-state index contributed by atoms with van der Waals surface area (Å²) in [7, 11) is 0. The van der Waals surface area contributed by atoms with Gasteiger partial charge in [-0.15, -0.1) is 0 Å². The molecule has 0 amide bonds. The lowest BCUT2D eigenvalue weighted by molar-refractivity contribution is 0.475. The van der Waals surface area contributed by atoms with Gasteiger partial charge in [0.15, 0.2) is 0 Å². The molecule has 0 aromatic heterocycles. The molecule has 0 aliphatic carbocycles. The van der Waals surface area contributed by atoms with E-state index in [9.17, 15) is 5.11 Å². The van der Waals surface area contributed by atoms with E-state index in [1.807, 2.05) is 32.9 Å². The minimum absolute atomic E-state index is 0.229. The van der Waals surface area contributed by atoms with Gasteiger partial charge in [-0.2, -0.15) is 5.26 Å². The summed E-state index contributed by atoms with van der Waals surface area (Å²) in [6.45, 7) is 5.89. The molecular formula is C12H15NO. The topological polar surface area (TPSA) is 44.0 Å². The van der Waals surface area contributed by atoms with E-state index in [4.69, 9.17) is 5.26 Å². The number of phenolic OH excluding ortho intramolecular Hbond substituents is 1. The fourth-order valence-electron chi connectivity index (χ4n) is 1.02. The highest BCUT2D eigenvalue weighted by Crippen LogP contribution is 2.15. The first-order chi connectivity index (χ1) is 6.72. The van der Waals surface area contributed by atoms with Crippen LogP contribution in [0, 0.1) is 18.3 Å². The van der Waals surface area contributed by atoms with E-state index >= 15 is 0 Å². The Morgan fingerprint density at radius 3 is 2.43 bits per heavy atom. The van der Waals surface area contributed by atoms with Crippen molar-refractivity contribution in [1.29, 1.82) is 5.26 Å². The Morgan fingerprint density at radius 2 is 1.93 bits per heavy atom. The Bertz CT molecular complexity index is 328. The fourth-order valence-corrected chi connectivity index (χ4v) is 1.02. The van der Waals surface area contributed by atoms with Gasteiger partial charge in [0.1, 0.15) is 5.75 Å². The monoisotopic (exact) mass is 189 g/mol. The van der Waals surface area contributed by atoms with Gasteiger partial charge in [0.25, 0.3) is 0 Å². The molecule has 0 aliphatic rings. The normalized spacial score (nSPS) is 9.00. The summed E-state index contributed by atoms with van der Waals surface area (Å²) < 4.78 is 0. The Morgan fingerprint density at radius 1 is 1.29 bits per heavy atom. The van der Waals surface area contributed by atoms with Gasteiger partial charge in [-0.05, 0) is 36.3 Å². The van der Waals surface area contributed by atoms with Crippen molar-refractivity contribution in [3.8, 4) is 11.8 Å². The average Bonchev–Trinajstić information content (AvgIpc) is 2.16. The molecule has 0 saturated carbocycles. The number of hydrogen-bond donors (Lipinski definition) is 1. The smallest absolute Gasteiger partial charge is 0.116 e. The number of nitriles is 1. The highest BCUT2D eigenvalue weighted by atomic mass is 16.3. The molecule has 0 spiro atoms. The maximum Gasteiger partial charge on any atom is 0.116 e. The second kappa shape index (κ2) is 6.73. The van der Waals surface area contributed by atoms with Crippen molar-refractivity contribution in [3.05, 3.63) is 35.4 Å². The average molecular weight is 189 g/mol. The van der Waals surface area contributed by atoms with Crippen LogP contribution in [0.1, 0.15) is 25.0 Å². The zero-order valence-corrected chi connectivity index (χ0v) is 8.78. The van der Waals surface area contributed by atoms with E-state index in [1.165, 1.54) is 6.08 Å². The fraction of sp³-hybridized carbons (Fsp3) is 0.250. The third-order valence-corrected chi connectivity index (χ3v) is 1.43. The van der Waals surface area contributed by atoms with Crippen LogP contribution in [-0.4, -0.2) is 5.11 Å². The van der Waals surface area contributed by atoms with Crippen molar-refractivity contribution < 1.29 is 5.11 Å². The first kappa shape index (κ1) is 12.2. The lowest BCUT2D eigenvalue weighted by Gasteiger charge is -1.97. The predicted octanol–water partition coefficient (Wildman–Crippen LogP) is 3.26. The van der Waals surface area contributed by atoms with Gasteiger partial charge in [0.2, 0.25) is 0 Å². The van der Waals surface area contributed by atoms with Crippen molar-refractivity contribution in [3.63, 3.8) is 0 Å². The van der Waals surface area contributed by atoms with Gasteiger partial charge in [-0.25, -0.2) is 0 Å². The van der Waals surface area contributed by atoms with Gasteiger partial charge in [-0.1, -0.05) is 19.9 Å². The van der Waals surface area contributed by atoms with E-state index in [-0.39, 0.29) is 5.75 Å². The minimum Gasteiger partial charge on any atom is -0.508 e. The van der Waals surface area contributed by atoms with E-state index in [2.05, 4.69) is 0 Å². The lowest BCUT2D eigenvalue weighted by Crippen LogP contribution is -1.75. The van der Waals surface area contributed by atoms with Crippen molar-refractivity contribution in [2.45, 2.75) is 20.8 Å². The molecule has 1 N–H and O–H groups in total. The molecule has 1 rings (SSSR count). The summed E-state index contributed by atoms with van der Waals surface area (Å²) in [4.78, 5) is 0. The second-order valence-electron chi connectivity index (χ2n) is 2.56. The van der Waals surface area contributed by atoms with Gasteiger partial charge < -0.3 is 5.11 Å². The molecule has 2 nitrogen and oxygen atoms in total. The molecule has 0 heterocycles. The zero-order valence-electron chi connectivity index (χ0n) is 8.78. The third kappa shape index (κ3) is 4.32. The Labute approximate surface area is 85.1 Å². The van der Waals surface area contributed by atoms with Crippen LogP contribution in [0.4, 0.5) is 0 Å². The molecule has 1 aromatic carbocycles. The van der Waals surface area contributed by atoms with Gasteiger partial charge in [0.05, 0.1) is 6.07 Å². The quantitative estimate of drug-likeness (QED) is 0.689. The molecule has 0 atom stereocenters. The standard InChI is InChI=1S/C10H9NO.C2H6/c1-8-5-9(3-2-4-11)7-10(12)6-8;1-2/h2-3,5-7,12H,1H3;1-2H3/b3-2+;. The molecule has 14 heavy (non-hydrogen) atoms. The maximum atomic E-state index is 9.18. The minimum atomic E-state index is 0.229. The number of benzene rings is 1. The third-order valence-electron chi connectivity index (χ3n) is 1.43. The lowest BCUT2D eigenvalue weighted by atomic mass is 10.1. The van der Waals surface area contributed by atoms with Crippen LogP contribution in [0.15, 0.2) is 24.3 Å². The molecule has 0 bridgehead atoms. The molecule has 74 valence electrons. The number of hydrogen-bond acceptors (Lipinski definition) is 2. The Balaban J connectivity index is 0.000000791. The molecule has 0 unspecified atom stereocenters. The first-order valence-corrected chi connectivity index (χ1v) is 4.59. The van der Waals surface area contributed by atoms with E-state index in [0.717, 1.165) is 11.1 Å². The molecule has 0 saturated heterocycles. The van der Waals surface area contributed by atoms with E-state index < -0.39 is 0 Å². The first-order valence-electron chi connectivity index (χ1n) is 4.59. The molecule has 1 aromatic rings. The summed E-state index contributed by atoms with van der Waals surface area (Å²) in [6.07, 6.45) is 3.04. The summed E-state index contributed by atoms with van der Waals surface area (Å²) in [5.74, 6) is 0.229. The van der Waals surface area contributed by atoms with E-state index in [0.29, 0.717) is 0 Å². The van der Waals surface area contributed by atoms with Crippen molar-refractivity contribution in [1.82, 2.24) is 0 Å². The molecule has 0 fully saturated rings. The van der Waals surface area contributed by atoms with Crippen molar-refractivity contribution in [2.24, 2.45) is 0 Å². The van der Waals surface area contributed by atoms with E-state index in [1.54, 1.807) is 18.2 Å². The number of aromatic hydroxyl groups is 1. The summed E-state index contributed by atoms with van der Waals surface area (Å²) in [5, 5.41) is 17.4. The van der Waals surface area contributed by atoms with Crippen LogP contribution in [0.3, 0.4) is 0 Å². The van der Waals surface area contributed by atoms with Crippen LogP contribution in [0.2, 0.25) is 0 Å². The number of rotatable bonds is 1. The Hall–Kier alpha value is -1.75. The summed E-state index contributed by atoms with van der Waals surface area (Å²) >= 11 is 0. The molecular weight excluding hydrogens is 174 g/mol. The van der Waals surface area contributed by atoms with Crippen LogP contribution in [0.25, 0.3) is 6.08 Å². The summed E-state index contributed by atoms with van der Waals surface area (Å²) in [5.41, 5.74) is 1.82. The van der Waals surface area contributed by atoms with Crippen LogP contribution >= 0.6 is 0 Å². The number of nitrogens with zero attached hydrogens (tertiary/aromatic N) is 1. The van der Waals surface area contributed by atoms with Crippen LogP contribution in [0.5, 0.6) is 5.75 Å². The number of allylic oxidation sites excluding steroid dienone is 1. The van der Waals surface area contributed by atoms with Gasteiger partial charge in [-0.3, -0.25) is 0 Å². The Kier molecular flexibility index (Phi) is 5.89. The molecule has 0 radical (unpaired) electrons. The predicted molar refractivity (Wildman–Crippen MR) is 58.8 cm³/mol. The second-order valence-corrected chi connectivity index (χ2v) is 2.56. The summed E-state index contributed by atoms with van der Waals surface area (Å²) in [6, 6.07) is 7.07. The largest absolute Gasteiger partial charge is 0.508 e. The van der Waals surface area contributed by atoms with Gasteiger partial charge in [0, 0.05) is 6.08 Å². The number of phenols is 1. The zero-order chi connectivity index (χ0) is 11.0. The van der Waals surface area contributed by atoms with Crippen LogP contribution < -0.4 is 0 Å². The van der Waals surface area contributed by atoms with Crippen molar-refractivity contribution in [2.75, 3.05) is 0 Å².